The van der Waals surface area contributed by atoms with Gasteiger partial charge in [-0.05, 0) is 0 Å². The Labute approximate surface area is 127 Å². The SMILES string of the molecule is O=S(=O)(O)OOS(=O)(=O)O.[H-].[K+].[Pt]. The fraction of sp³-hybridized carbons (Fsp3) is 0. The van der Waals surface area contributed by atoms with E-state index in [1.807, 2.05) is 0 Å². The van der Waals surface area contributed by atoms with Gasteiger partial charge in [0.15, 0.2) is 0 Å². The van der Waals surface area contributed by atoms with Crippen LogP contribution in [0, 0.1) is 0 Å². The van der Waals surface area contributed by atoms with Crippen LogP contribution in [0.25, 0.3) is 0 Å². The summed E-state index contributed by atoms with van der Waals surface area (Å²) in [5, 5.41) is 0. The van der Waals surface area contributed by atoms with Gasteiger partial charge in [-0.25, -0.2) is 0 Å². The maximum atomic E-state index is 9.51. The topological polar surface area (TPSA) is 127 Å². The zero-order valence-corrected chi connectivity index (χ0v) is 12.5. The van der Waals surface area contributed by atoms with Gasteiger partial charge in [0.1, 0.15) is 0 Å². The molecule has 0 unspecified atom stereocenters. The maximum absolute atomic E-state index is 9.51. The monoisotopic (exact) mass is 429 g/mol. The molecule has 0 bridgehead atoms. The third-order valence-corrected chi connectivity index (χ3v) is 0.766. The van der Waals surface area contributed by atoms with Gasteiger partial charge in [0.2, 0.25) is 0 Å². The molecule has 2 N–H and O–H groups in total. The first-order valence-corrected chi connectivity index (χ1v) is 4.26. The molecule has 0 fully saturated rings. The molecule has 0 spiro atoms. The second kappa shape index (κ2) is 7.37. The quantitative estimate of drug-likeness (QED) is 0.200. The van der Waals surface area contributed by atoms with Crippen LogP contribution in [0.1, 0.15) is 1.43 Å². The van der Waals surface area contributed by atoms with Crippen molar-refractivity contribution in [3.05, 3.63) is 0 Å². The summed E-state index contributed by atoms with van der Waals surface area (Å²) >= 11 is 0. The van der Waals surface area contributed by atoms with Crippen molar-refractivity contribution in [3.63, 3.8) is 0 Å². The van der Waals surface area contributed by atoms with Crippen molar-refractivity contribution in [2.24, 2.45) is 0 Å². The van der Waals surface area contributed by atoms with E-state index in [1.165, 1.54) is 0 Å². The van der Waals surface area contributed by atoms with Gasteiger partial charge in [-0.1, -0.05) is 8.67 Å². The minimum Gasteiger partial charge on any atom is -1.00 e. The van der Waals surface area contributed by atoms with E-state index >= 15 is 0 Å². The average Bonchev–Trinajstić information content (AvgIpc) is 1.57. The van der Waals surface area contributed by atoms with E-state index in [0.29, 0.717) is 0 Å². The Morgan fingerprint density at radius 1 is 0.917 bits per heavy atom. The van der Waals surface area contributed by atoms with Gasteiger partial charge in [-0.15, -0.1) is 0 Å². The molecule has 0 saturated heterocycles. The van der Waals surface area contributed by atoms with E-state index in [2.05, 4.69) is 8.67 Å². The van der Waals surface area contributed by atoms with Crippen LogP contribution in [0.3, 0.4) is 0 Å². The predicted molar refractivity (Wildman–Crippen MR) is 26.4 cm³/mol. The molecule has 0 aromatic rings. The van der Waals surface area contributed by atoms with E-state index in [-0.39, 0.29) is 73.9 Å². The third-order valence-electron chi connectivity index (χ3n) is 0.200. The van der Waals surface area contributed by atoms with E-state index in [0.717, 1.165) is 0 Å². The largest absolute Gasteiger partial charge is 1.00 e. The Bertz CT molecular complexity index is 258. The molecule has 0 heterocycles. The van der Waals surface area contributed by atoms with Gasteiger partial charge in [0.05, 0.1) is 0 Å². The van der Waals surface area contributed by atoms with Crippen molar-refractivity contribution in [1.29, 1.82) is 0 Å². The molecule has 0 atom stereocenters. The Kier molecular flexibility index (Phi) is 12.0. The average molecular weight is 429 g/mol. The van der Waals surface area contributed by atoms with E-state index in [4.69, 9.17) is 9.11 Å². The molecule has 0 aliphatic heterocycles. The van der Waals surface area contributed by atoms with Crippen LogP contribution >= 0.6 is 0 Å². The van der Waals surface area contributed by atoms with Crippen LogP contribution in [0.4, 0.5) is 0 Å². The van der Waals surface area contributed by atoms with Crippen molar-refractivity contribution >= 4 is 20.8 Å². The molecule has 12 heteroatoms. The van der Waals surface area contributed by atoms with Crippen molar-refractivity contribution in [1.82, 2.24) is 0 Å². The summed E-state index contributed by atoms with van der Waals surface area (Å²) in [4.78, 5) is 0. The normalized spacial score (nSPS) is 11.2. The number of rotatable bonds is 3. The van der Waals surface area contributed by atoms with Crippen LogP contribution in [0.15, 0.2) is 0 Å². The third kappa shape index (κ3) is 18.0. The summed E-state index contributed by atoms with van der Waals surface area (Å²) in [5.74, 6) is 0. The van der Waals surface area contributed by atoms with E-state index < -0.39 is 20.8 Å². The van der Waals surface area contributed by atoms with Crippen LogP contribution in [-0.2, 0) is 50.5 Å². The second-order valence-corrected chi connectivity index (χ2v) is 2.97. The van der Waals surface area contributed by atoms with Gasteiger partial charge in [-0.3, -0.25) is 9.11 Å². The molecule has 74 valence electrons. The molecule has 0 rings (SSSR count). The standard InChI is InChI=1S/K.H2O8S2.Pt.H/c;1-9(2,3)7-8-10(4,5)6;;/h;(H,1,2,3)(H,4,5,6);;/q+1;;;-1. The van der Waals surface area contributed by atoms with Gasteiger partial charge in [-0.2, -0.15) is 16.8 Å². The summed E-state index contributed by atoms with van der Waals surface area (Å²) in [5.41, 5.74) is 0. The molecule has 0 radical (unpaired) electrons. The summed E-state index contributed by atoms with van der Waals surface area (Å²) in [7, 11) is -10.0. The molecular weight excluding hydrogens is 426 g/mol. The van der Waals surface area contributed by atoms with Crippen LogP contribution in [0.2, 0.25) is 0 Å². The fourth-order valence-electron chi connectivity index (χ4n) is 0.0702. The van der Waals surface area contributed by atoms with Gasteiger partial charge < -0.3 is 1.43 Å². The van der Waals surface area contributed by atoms with E-state index in [1.54, 1.807) is 0 Å². The first kappa shape index (κ1) is 19.6. The van der Waals surface area contributed by atoms with Crippen molar-refractivity contribution in [2.75, 3.05) is 0 Å². The Balaban J connectivity index is -0.000000135. The van der Waals surface area contributed by atoms with Gasteiger partial charge >= 0.3 is 72.2 Å². The Morgan fingerprint density at radius 3 is 1.17 bits per heavy atom. The molecular formula is H3KO8PtS2. The number of hydrogen-bond donors (Lipinski definition) is 2. The van der Waals surface area contributed by atoms with Gasteiger partial charge in [0, 0.05) is 21.1 Å². The smallest absolute Gasteiger partial charge is 1.00 e. The summed E-state index contributed by atoms with van der Waals surface area (Å²) < 4.78 is 58.9. The maximum Gasteiger partial charge on any atom is 1.00 e. The van der Waals surface area contributed by atoms with Crippen molar-refractivity contribution < 1.29 is 108 Å². The fourth-order valence-corrected chi connectivity index (χ4v) is 0.632. The summed E-state index contributed by atoms with van der Waals surface area (Å²) in [6.45, 7) is 0. The molecule has 12 heavy (non-hydrogen) atoms. The van der Waals surface area contributed by atoms with Crippen molar-refractivity contribution in [3.8, 4) is 0 Å². The Hall–Kier alpha value is 2.06. The van der Waals surface area contributed by atoms with Gasteiger partial charge in [0.25, 0.3) is 0 Å². The van der Waals surface area contributed by atoms with Crippen LogP contribution in [-0.4, -0.2) is 25.9 Å². The molecule has 0 aromatic carbocycles. The van der Waals surface area contributed by atoms with Crippen LogP contribution in [0.5, 0.6) is 0 Å². The molecule has 0 amide bonds. The molecule has 0 saturated carbocycles. The molecule has 0 aromatic heterocycles. The minimum absolute atomic E-state index is 0. The molecule has 0 aliphatic rings. The zero-order chi connectivity index (χ0) is 8.41. The Morgan fingerprint density at radius 2 is 1.08 bits per heavy atom. The van der Waals surface area contributed by atoms with Crippen LogP contribution < -0.4 is 51.4 Å². The number of hydrogen-bond acceptors (Lipinski definition) is 6. The minimum atomic E-state index is -5.02. The zero-order valence-electron chi connectivity index (χ0n) is 6.48. The molecule has 0 aliphatic carbocycles. The molecule has 8 nitrogen and oxygen atoms in total. The summed E-state index contributed by atoms with van der Waals surface area (Å²) in [6, 6.07) is 0. The first-order valence-electron chi connectivity index (χ1n) is 1.53. The van der Waals surface area contributed by atoms with E-state index in [9.17, 15) is 16.8 Å². The van der Waals surface area contributed by atoms with Crippen molar-refractivity contribution in [2.45, 2.75) is 0 Å². The summed E-state index contributed by atoms with van der Waals surface area (Å²) in [6.07, 6.45) is 0. The predicted octanol–water partition coefficient (Wildman–Crippen LogP) is -4.35. The second-order valence-electron chi connectivity index (χ2n) is 0.992. The first-order chi connectivity index (χ1) is 4.21.